The molecular weight excluding hydrogens is 342 g/mol. The van der Waals surface area contributed by atoms with Crippen molar-refractivity contribution in [1.82, 2.24) is 4.90 Å². The van der Waals surface area contributed by atoms with Crippen LogP contribution in [-0.2, 0) is 16.0 Å². The maximum absolute atomic E-state index is 12.4. The summed E-state index contributed by atoms with van der Waals surface area (Å²) in [6, 6.07) is 0. The number of nitrogens with zero attached hydrogens (tertiary/aromatic N) is 2. The largest absolute Gasteiger partial charge is 0.462 e. The van der Waals surface area contributed by atoms with Crippen LogP contribution in [0.2, 0.25) is 0 Å². The van der Waals surface area contributed by atoms with Gasteiger partial charge in [-0.2, -0.15) is 0 Å². The topological polar surface area (TPSA) is 91.2 Å². The van der Waals surface area contributed by atoms with Gasteiger partial charge in [-0.05, 0) is 44.8 Å². The van der Waals surface area contributed by atoms with Crippen molar-refractivity contribution in [1.29, 1.82) is 0 Å². The molecule has 0 unspecified atom stereocenters. The summed E-state index contributed by atoms with van der Waals surface area (Å²) < 4.78 is 5.17. The Kier molecular flexibility index (Phi) is 6.95. The summed E-state index contributed by atoms with van der Waals surface area (Å²) in [5.74, 6) is -0.618. The lowest BCUT2D eigenvalue weighted by atomic mass is 9.94. The Morgan fingerprint density at radius 1 is 1.28 bits per heavy atom. The molecule has 1 aliphatic carbocycles. The zero-order chi connectivity index (χ0) is 18.4. The fraction of sp³-hybridized carbons (Fsp3) is 0.588. The zero-order valence-corrected chi connectivity index (χ0v) is 15.7. The molecule has 1 amide bonds. The molecule has 1 aliphatic rings. The summed E-state index contributed by atoms with van der Waals surface area (Å²) in [5, 5.41) is 15.9. The van der Waals surface area contributed by atoms with Crippen LogP contribution in [0, 0.1) is 0 Å². The molecule has 0 bridgehead atoms. The number of anilines is 1. The van der Waals surface area contributed by atoms with E-state index in [2.05, 4.69) is 10.5 Å². The van der Waals surface area contributed by atoms with E-state index in [4.69, 9.17) is 4.74 Å². The molecule has 0 saturated carbocycles. The van der Waals surface area contributed by atoms with Crippen LogP contribution in [0.5, 0.6) is 0 Å². The van der Waals surface area contributed by atoms with Crippen molar-refractivity contribution in [2.75, 3.05) is 31.6 Å². The number of hydrogen-bond donors (Lipinski definition) is 2. The van der Waals surface area contributed by atoms with Gasteiger partial charge in [-0.3, -0.25) is 9.69 Å². The fourth-order valence-corrected chi connectivity index (χ4v) is 4.17. The normalized spacial score (nSPS) is 15.3. The predicted octanol–water partition coefficient (Wildman–Crippen LogP) is 2.72. The van der Waals surface area contributed by atoms with Crippen molar-refractivity contribution in [3.63, 3.8) is 0 Å². The number of esters is 1. The van der Waals surface area contributed by atoms with Gasteiger partial charge in [0.2, 0.25) is 5.91 Å². The summed E-state index contributed by atoms with van der Waals surface area (Å²) in [5.41, 5.74) is 1.76. The second-order valence-corrected chi connectivity index (χ2v) is 6.76. The second-order valence-electron chi connectivity index (χ2n) is 5.74. The third-order valence-corrected chi connectivity index (χ3v) is 5.42. The van der Waals surface area contributed by atoms with Crippen molar-refractivity contribution in [3.05, 3.63) is 16.0 Å². The summed E-state index contributed by atoms with van der Waals surface area (Å²) >= 11 is 1.28. The first-order chi connectivity index (χ1) is 12.0. The van der Waals surface area contributed by atoms with Gasteiger partial charge in [0.25, 0.3) is 0 Å². The number of nitrogens with one attached hydrogen (secondary N) is 1. The molecule has 2 N–H and O–H groups in total. The lowest BCUT2D eigenvalue weighted by Crippen LogP contribution is -2.33. The second kappa shape index (κ2) is 8.96. The van der Waals surface area contributed by atoms with E-state index in [0.717, 1.165) is 30.0 Å². The summed E-state index contributed by atoms with van der Waals surface area (Å²) in [6.07, 6.45) is 2.15. The van der Waals surface area contributed by atoms with Crippen LogP contribution in [0.4, 0.5) is 5.00 Å². The maximum atomic E-state index is 12.4. The van der Waals surface area contributed by atoms with E-state index in [1.807, 2.05) is 18.7 Å². The van der Waals surface area contributed by atoms with E-state index in [-0.39, 0.29) is 19.1 Å². The molecule has 0 aliphatic heterocycles. The molecule has 1 aromatic heterocycles. The Morgan fingerprint density at radius 2 is 2.00 bits per heavy atom. The minimum atomic E-state index is -0.447. The van der Waals surface area contributed by atoms with Gasteiger partial charge in [-0.1, -0.05) is 19.0 Å². The minimum Gasteiger partial charge on any atom is -0.462 e. The monoisotopic (exact) mass is 367 g/mol. The van der Waals surface area contributed by atoms with Gasteiger partial charge < -0.3 is 15.3 Å². The Hall–Kier alpha value is -1.93. The number of ether oxygens (including phenoxy) is 1. The van der Waals surface area contributed by atoms with Gasteiger partial charge in [0.05, 0.1) is 29.3 Å². The predicted molar refractivity (Wildman–Crippen MR) is 98.0 cm³/mol. The molecule has 0 saturated heterocycles. The van der Waals surface area contributed by atoms with Gasteiger partial charge in [-0.25, -0.2) is 4.79 Å². The number of carbonyl (C=O) groups excluding carboxylic acids is 2. The van der Waals surface area contributed by atoms with Crippen molar-refractivity contribution in [3.8, 4) is 0 Å². The van der Waals surface area contributed by atoms with E-state index >= 15 is 0 Å². The van der Waals surface area contributed by atoms with E-state index in [1.54, 1.807) is 6.92 Å². The first kappa shape index (κ1) is 19.4. The molecule has 0 radical (unpaired) electrons. The number of thiophene rings is 1. The van der Waals surface area contributed by atoms with Crippen molar-refractivity contribution in [2.45, 2.75) is 40.0 Å². The number of carbonyl (C=O) groups is 2. The van der Waals surface area contributed by atoms with E-state index in [0.29, 0.717) is 29.1 Å². The van der Waals surface area contributed by atoms with Gasteiger partial charge >= 0.3 is 5.97 Å². The molecule has 1 heterocycles. The molecule has 7 nitrogen and oxygen atoms in total. The highest BCUT2D eigenvalue weighted by atomic mass is 32.1. The number of hydrogen-bond acceptors (Lipinski definition) is 7. The molecule has 8 heteroatoms. The molecule has 25 heavy (non-hydrogen) atoms. The van der Waals surface area contributed by atoms with Crippen LogP contribution in [-0.4, -0.2) is 53.9 Å². The van der Waals surface area contributed by atoms with Gasteiger partial charge in [0.1, 0.15) is 5.00 Å². The van der Waals surface area contributed by atoms with Crippen LogP contribution in [0.1, 0.15) is 54.4 Å². The number of amides is 1. The third kappa shape index (κ3) is 4.38. The molecule has 0 aromatic carbocycles. The van der Waals surface area contributed by atoms with E-state index in [1.165, 1.54) is 11.3 Å². The highest BCUT2D eigenvalue weighted by molar-refractivity contribution is 7.19. The molecule has 2 rings (SSSR count). The Labute approximate surface area is 151 Å². The van der Waals surface area contributed by atoms with Gasteiger partial charge in [0, 0.05) is 0 Å². The molecule has 0 fully saturated rings. The molecule has 0 atom stereocenters. The van der Waals surface area contributed by atoms with Crippen molar-refractivity contribution < 1.29 is 19.5 Å². The van der Waals surface area contributed by atoms with Crippen LogP contribution >= 0.6 is 11.3 Å². The standard InChI is InChI=1S/C17H25N3O4S/c1-4-20(5-2)10-13(21)18-16-14(17(22)24-6-3)11-8-7-9-12(19-23)15(11)25-16/h23H,4-10H2,1-3H3,(H,18,21)/b19-12-. The van der Waals surface area contributed by atoms with Gasteiger partial charge in [-0.15, -0.1) is 11.3 Å². The van der Waals surface area contributed by atoms with E-state index in [9.17, 15) is 14.8 Å². The number of fused-ring (bicyclic) bond motifs is 1. The first-order valence-corrected chi connectivity index (χ1v) is 9.43. The molecule has 138 valence electrons. The van der Waals surface area contributed by atoms with Crippen LogP contribution in [0.3, 0.4) is 0 Å². The maximum Gasteiger partial charge on any atom is 0.341 e. The Bertz CT molecular complexity index is 665. The quantitative estimate of drug-likeness (QED) is 0.439. The SMILES string of the molecule is CCOC(=O)c1c(NC(=O)CN(CC)CC)sc2c1CCC/C2=N/O. The highest BCUT2D eigenvalue weighted by Gasteiger charge is 2.30. The Morgan fingerprint density at radius 3 is 2.60 bits per heavy atom. The molecule has 1 aromatic rings. The average molecular weight is 367 g/mol. The number of likely N-dealkylation sites (N-methyl/N-ethyl adjacent to an activating group) is 1. The number of rotatable bonds is 7. The first-order valence-electron chi connectivity index (χ1n) is 8.61. The smallest absolute Gasteiger partial charge is 0.341 e. The summed E-state index contributed by atoms with van der Waals surface area (Å²) in [7, 11) is 0. The molecular formula is C17H25N3O4S. The summed E-state index contributed by atoms with van der Waals surface area (Å²) in [6.45, 7) is 7.81. The number of oxime groups is 1. The van der Waals surface area contributed by atoms with Gasteiger partial charge in [0.15, 0.2) is 0 Å². The average Bonchev–Trinajstić information content (AvgIpc) is 2.97. The third-order valence-electron chi connectivity index (χ3n) is 4.22. The van der Waals surface area contributed by atoms with Crippen LogP contribution in [0.15, 0.2) is 5.16 Å². The lowest BCUT2D eigenvalue weighted by Gasteiger charge is -2.17. The lowest BCUT2D eigenvalue weighted by molar-refractivity contribution is -0.117. The Balaban J connectivity index is 2.34. The zero-order valence-electron chi connectivity index (χ0n) is 14.9. The van der Waals surface area contributed by atoms with Crippen molar-refractivity contribution >= 4 is 33.9 Å². The summed E-state index contributed by atoms with van der Waals surface area (Å²) in [4.78, 5) is 27.5. The fourth-order valence-electron chi connectivity index (χ4n) is 2.90. The molecule has 0 spiro atoms. The van der Waals surface area contributed by atoms with E-state index < -0.39 is 5.97 Å². The minimum absolute atomic E-state index is 0.171. The van der Waals surface area contributed by atoms with Crippen LogP contribution < -0.4 is 5.32 Å². The van der Waals surface area contributed by atoms with Crippen LogP contribution in [0.25, 0.3) is 0 Å². The van der Waals surface area contributed by atoms with Crippen molar-refractivity contribution in [2.24, 2.45) is 5.16 Å². The highest BCUT2D eigenvalue weighted by Crippen LogP contribution is 2.38.